The first-order chi connectivity index (χ1) is 15.8. The molecule has 0 saturated carbocycles. The van der Waals surface area contributed by atoms with E-state index in [1.54, 1.807) is 23.6 Å². The minimum absolute atomic E-state index is 0.0113. The fourth-order valence-corrected chi connectivity index (χ4v) is 4.98. The Hall–Kier alpha value is -3.77. The summed E-state index contributed by atoms with van der Waals surface area (Å²) in [6.07, 6.45) is 0. The van der Waals surface area contributed by atoms with Gasteiger partial charge in [-0.05, 0) is 35.7 Å². The lowest BCUT2D eigenvalue weighted by Gasteiger charge is -2.16. The van der Waals surface area contributed by atoms with Crippen LogP contribution in [0.1, 0.15) is 20.7 Å². The van der Waals surface area contributed by atoms with E-state index in [0.717, 1.165) is 11.3 Å². The van der Waals surface area contributed by atoms with Crippen molar-refractivity contribution in [3.8, 4) is 17.2 Å². The third-order valence-electron chi connectivity index (χ3n) is 4.41. The molecular formula is C21H21N3O7S2. The van der Waals surface area contributed by atoms with Gasteiger partial charge in [-0.2, -0.15) is 0 Å². The number of carbonyl (C=O) groups excluding carboxylic acids is 2. The van der Waals surface area contributed by atoms with Crippen molar-refractivity contribution < 1.29 is 32.2 Å². The summed E-state index contributed by atoms with van der Waals surface area (Å²) in [7, 11) is 0.346. The minimum atomic E-state index is -3.86. The number of methoxy groups -OCH3 is 3. The number of hydrogen-bond acceptors (Lipinski definition) is 8. The molecule has 0 atom stereocenters. The molecule has 12 heteroatoms. The molecule has 3 aromatic rings. The summed E-state index contributed by atoms with van der Waals surface area (Å²) in [5.41, 5.74) is 4.72. The highest BCUT2D eigenvalue weighted by Crippen LogP contribution is 2.39. The second kappa shape index (κ2) is 10.2. The largest absolute Gasteiger partial charge is 0.493 e. The number of benzene rings is 2. The summed E-state index contributed by atoms with van der Waals surface area (Å²) in [4.78, 5) is 25.4. The van der Waals surface area contributed by atoms with Gasteiger partial charge in [0.1, 0.15) is 4.21 Å². The predicted molar refractivity (Wildman–Crippen MR) is 123 cm³/mol. The van der Waals surface area contributed by atoms with Crippen LogP contribution >= 0.6 is 11.3 Å². The van der Waals surface area contributed by atoms with E-state index in [1.807, 2.05) is 0 Å². The van der Waals surface area contributed by atoms with Crippen LogP contribution in [0.5, 0.6) is 17.2 Å². The molecule has 2 aromatic carbocycles. The van der Waals surface area contributed by atoms with Gasteiger partial charge in [0.2, 0.25) is 5.75 Å². The number of ether oxygens (including phenoxy) is 3. The van der Waals surface area contributed by atoms with Gasteiger partial charge in [0.15, 0.2) is 11.5 Å². The summed E-state index contributed by atoms with van der Waals surface area (Å²) >= 11 is 1.05. The van der Waals surface area contributed by atoms with E-state index >= 15 is 0 Å². The van der Waals surface area contributed by atoms with Crippen molar-refractivity contribution in [2.45, 2.75) is 4.21 Å². The van der Waals surface area contributed by atoms with Gasteiger partial charge in [-0.3, -0.25) is 25.2 Å². The molecule has 174 valence electrons. The van der Waals surface area contributed by atoms with E-state index < -0.39 is 21.8 Å². The van der Waals surface area contributed by atoms with E-state index in [1.165, 1.54) is 51.7 Å². The van der Waals surface area contributed by atoms with Gasteiger partial charge in [-0.25, -0.2) is 8.42 Å². The number of hydrogen-bond donors (Lipinski definition) is 3. The topological polar surface area (TPSA) is 132 Å². The van der Waals surface area contributed by atoms with Crippen molar-refractivity contribution in [1.29, 1.82) is 0 Å². The van der Waals surface area contributed by atoms with Crippen LogP contribution in [0.15, 0.2) is 58.1 Å². The lowest BCUT2D eigenvalue weighted by atomic mass is 10.1. The zero-order chi connectivity index (χ0) is 24.0. The molecule has 0 aliphatic heterocycles. The van der Waals surface area contributed by atoms with Gasteiger partial charge in [0.25, 0.3) is 21.8 Å². The zero-order valence-electron chi connectivity index (χ0n) is 17.9. The number of para-hydroxylation sites is 1. The molecule has 2 amide bonds. The SMILES string of the molecule is COc1ccc(C(=O)NNC(=O)c2ccccc2NS(=O)(=O)c2cccs2)c(OC)c1OC. The van der Waals surface area contributed by atoms with Crippen LogP contribution < -0.4 is 29.8 Å². The normalized spacial score (nSPS) is 10.8. The highest BCUT2D eigenvalue weighted by Gasteiger charge is 2.22. The Morgan fingerprint density at radius 2 is 1.45 bits per heavy atom. The smallest absolute Gasteiger partial charge is 0.273 e. The Labute approximate surface area is 194 Å². The number of sulfonamides is 1. The minimum Gasteiger partial charge on any atom is -0.493 e. The Morgan fingerprint density at radius 3 is 2.06 bits per heavy atom. The summed E-state index contributed by atoms with van der Waals surface area (Å²) in [5.74, 6) is -0.716. The molecule has 0 unspecified atom stereocenters. The number of carbonyl (C=O) groups is 2. The van der Waals surface area contributed by atoms with E-state index in [-0.39, 0.29) is 32.5 Å². The second-order valence-electron chi connectivity index (χ2n) is 6.37. The van der Waals surface area contributed by atoms with Gasteiger partial charge in [-0.1, -0.05) is 18.2 Å². The van der Waals surface area contributed by atoms with Crippen LogP contribution in [-0.2, 0) is 10.0 Å². The first kappa shape index (κ1) is 23.9. The standard InChI is InChI=1S/C21H21N3O7S2/c1-29-16-11-10-14(18(30-2)19(16)31-3)21(26)23-22-20(25)13-7-4-5-8-15(13)24-33(27,28)17-9-6-12-32-17/h4-12,24H,1-3H3,(H,22,25)(H,23,26). The van der Waals surface area contributed by atoms with Crippen molar-refractivity contribution in [2.24, 2.45) is 0 Å². The van der Waals surface area contributed by atoms with Crippen LogP contribution in [-0.4, -0.2) is 41.6 Å². The zero-order valence-corrected chi connectivity index (χ0v) is 19.5. The fourth-order valence-electron chi connectivity index (χ4n) is 2.91. The molecule has 0 radical (unpaired) electrons. The lowest BCUT2D eigenvalue weighted by Crippen LogP contribution is -2.42. The summed E-state index contributed by atoms with van der Waals surface area (Å²) in [6.45, 7) is 0. The number of thiophene rings is 1. The van der Waals surface area contributed by atoms with Crippen LogP contribution in [0.2, 0.25) is 0 Å². The van der Waals surface area contributed by atoms with Gasteiger partial charge in [-0.15, -0.1) is 11.3 Å². The average molecular weight is 492 g/mol. The molecule has 1 aromatic heterocycles. The molecule has 0 saturated heterocycles. The number of rotatable bonds is 8. The number of amides is 2. The Kier molecular flexibility index (Phi) is 7.41. The van der Waals surface area contributed by atoms with E-state index in [2.05, 4.69) is 15.6 Å². The van der Waals surface area contributed by atoms with Crippen LogP contribution in [0.4, 0.5) is 5.69 Å². The average Bonchev–Trinajstić information content (AvgIpc) is 3.37. The molecular weight excluding hydrogens is 470 g/mol. The van der Waals surface area contributed by atoms with E-state index in [9.17, 15) is 18.0 Å². The first-order valence-corrected chi connectivity index (χ1v) is 11.7. The quantitative estimate of drug-likeness (QED) is 0.413. The highest BCUT2D eigenvalue weighted by atomic mass is 32.2. The molecule has 33 heavy (non-hydrogen) atoms. The number of hydrazine groups is 1. The summed E-state index contributed by atoms with van der Waals surface area (Å²) in [5, 5.41) is 1.63. The third kappa shape index (κ3) is 5.18. The second-order valence-corrected chi connectivity index (χ2v) is 9.23. The third-order valence-corrected chi connectivity index (χ3v) is 7.18. The Balaban J connectivity index is 1.78. The molecule has 3 rings (SSSR count). The molecule has 10 nitrogen and oxygen atoms in total. The van der Waals surface area contributed by atoms with Gasteiger partial charge < -0.3 is 14.2 Å². The van der Waals surface area contributed by atoms with Gasteiger partial charge in [0.05, 0.1) is 38.1 Å². The molecule has 0 aliphatic carbocycles. The van der Waals surface area contributed by atoms with Crippen molar-refractivity contribution >= 4 is 38.9 Å². The van der Waals surface area contributed by atoms with Crippen LogP contribution in [0.3, 0.4) is 0 Å². The monoisotopic (exact) mass is 491 g/mol. The maximum absolute atomic E-state index is 12.7. The molecule has 3 N–H and O–H groups in total. The maximum Gasteiger partial charge on any atom is 0.273 e. The van der Waals surface area contributed by atoms with Crippen molar-refractivity contribution in [1.82, 2.24) is 10.9 Å². The first-order valence-electron chi connectivity index (χ1n) is 9.37. The highest BCUT2D eigenvalue weighted by molar-refractivity contribution is 7.94. The predicted octanol–water partition coefficient (Wildman–Crippen LogP) is 2.65. The molecule has 1 heterocycles. The van der Waals surface area contributed by atoms with E-state index in [4.69, 9.17) is 14.2 Å². The van der Waals surface area contributed by atoms with E-state index in [0.29, 0.717) is 5.75 Å². The number of nitrogens with one attached hydrogen (secondary N) is 3. The lowest BCUT2D eigenvalue weighted by molar-refractivity contribution is 0.0845. The van der Waals surface area contributed by atoms with Crippen LogP contribution in [0.25, 0.3) is 0 Å². The van der Waals surface area contributed by atoms with Crippen molar-refractivity contribution in [3.05, 3.63) is 65.0 Å². The Bertz CT molecular complexity index is 1260. The van der Waals surface area contributed by atoms with Crippen molar-refractivity contribution in [3.63, 3.8) is 0 Å². The molecule has 0 bridgehead atoms. The Morgan fingerprint density at radius 1 is 0.788 bits per heavy atom. The summed E-state index contributed by atoms with van der Waals surface area (Å²) in [6, 6.07) is 12.0. The van der Waals surface area contributed by atoms with Crippen LogP contribution in [0, 0.1) is 0 Å². The van der Waals surface area contributed by atoms with Crippen molar-refractivity contribution in [2.75, 3.05) is 26.1 Å². The fraction of sp³-hybridized carbons (Fsp3) is 0.143. The van der Waals surface area contributed by atoms with Gasteiger partial charge in [0, 0.05) is 0 Å². The van der Waals surface area contributed by atoms with Gasteiger partial charge >= 0.3 is 0 Å². The molecule has 0 fully saturated rings. The summed E-state index contributed by atoms with van der Waals surface area (Å²) < 4.78 is 43.3. The number of anilines is 1. The molecule has 0 spiro atoms. The maximum atomic E-state index is 12.7. The molecule has 0 aliphatic rings.